The third kappa shape index (κ3) is 2.29. The lowest BCUT2D eigenvalue weighted by molar-refractivity contribution is 0.519. The Morgan fingerprint density at radius 3 is 2.86 bits per heavy atom. The minimum Gasteiger partial charge on any atom is -0.356 e. The molecule has 0 spiro atoms. The molecule has 2 aromatic heterocycles. The smallest absolute Gasteiger partial charge is 0.237 e. The highest BCUT2D eigenvalue weighted by Gasteiger charge is 2.27. The molecule has 2 heterocycles. The molecule has 0 bridgehead atoms. The van der Waals surface area contributed by atoms with Gasteiger partial charge >= 0.3 is 0 Å². The molecule has 1 unspecified atom stereocenters. The summed E-state index contributed by atoms with van der Waals surface area (Å²) >= 11 is 0. The summed E-state index contributed by atoms with van der Waals surface area (Å²) in [4.78, 5) is 3.79. The van der Waals surface area contributed by atoms with Crippen LogP contribution in [0.1, 0.15) is 44.2 Å². The number of hydrogen-bond donors (Lipinski definition) is 3. The molecule has 3 rings (SSSR count). The summed E-state index contributed by atoms with van der Waals surface area (Å²) in [5.74, 6) is 0.244. The summed E-state index contributed by atoms with van der Waals surface area (Å²) in [5, 5.41) is 11.6. The number of hydrogen-bond acceptors (Lipinski definition) is 4. The van der Waals surface area contributed by atoms with E-state index < -0.39 is 5.95 Å². The van der Waals surface area contributed by atoms with Crippen LogP contribution in [0.15, 0.2) is 12.3 Å². The first-order valence-electron chi connectivity index (χ1n) is 7.34. The number of pyridine rings is 1. The van der Waals surface area contributed by atoms with Crippen molar-refractivity contribution in [2.24, 2.45) is 5.73 Å². The zero-order valence-electron chi connectivity index (χ0n) is 12.1. The Kier molecular flexibility index (Phi) is 3.63. The van der Waals surface area contributed by atoms with Gasteiger partial charge in [-0.2, -0.15) is 4.39 Å². The van der Waals surface area contributed by atoms with Gasteiger partial charge in [-0.15, -0.1) is 0 Å². The molecule has 0 aromatic carbocycles. The first-order chi connectivity index (χ1) is 10.1. The predicted molar refractivity (Wildman–Crippen MR) is 82.4 cm³/mol. The fourth-order valence-electron chi connectivity index (χ4n) is 3.28. The Balaban J connectivity index is 2.31. The van der Waals surface area contributed by atoms with E-state index in [4.69, 9.17) is 11.1 Å². The van der Waals surface area contributed by atoms with Crippen LogP contribution in [0.5, 0.6) is 0 Å². The van der Waals surface area contributed by atoms with Crippen molar-refractivity contribution in [3.8, 4) is 0 Å². The molecule has 0 radical (unpaired) electrons. The van der Waals surface area contributed by atoms with Gasteiger partial charge in [0, 0.05) is 29.4 Å². The molecular weight excluding hydrogens is 269 g/mol. The Morgan fingerprint density at radius 2 is 2.24 bits per heavy atom. The summed E-state index contributed by atoms with van der Waals surface area (Å²) in [5.41, 5.74) is 7.02. The summed E-state index contributed by atoms with van der Waals surface area (Å²) in [7, 11) is 0. The van der Waals surface area contributed by atoms with E-state index in [1.54, 1.807) is 6.07 Å². The molecule has 1 atom stereocenters. The molecule has 4 N–H and O–H groups in total. The fraction of sp³-hybridized carbons (Fsp3) is 0.467. The van der Waals surface area contributed by atoms with E-state index in [2.05, 4.69) is 10.3 Å². The maximum absolute atomic E-state index is 14.3. The van der Waals surface area contributed by atoms with Gasteiger partial charge in [0.05, 0.1) is 6.17 Å². The van der Waals surface area contributed by atoms with Crippen LogP contribution in [0, 0.1) is 11.4 Å². The number of nitrogens with two attached hydrogens (primary N) is 1. The van der Waals surface area contributed by atoms with Gasteiger partial charge in [0.15, 0.2) is 0 Å². The highest BCUT2D eigenvalue weighted by atomic mass is 19.1. The molecular formula is C15H20FN5. The number of nitrogens with zero attached hydrogens (tertiary/aromatic N) is 2. The Morgan fingerprint density at radius 1 is 1.52 bits per heavy atom. The molecule has 112 valence electrons. The minimum absolute atomic E-state index is 0.237. The van der Waals surface area contributed by atoms with Crippen molar-refractivity contribution < 1.29 is 4.39 Å². The number of rotatable bonds is 4. The van der Waals surface area contributed by atoms with Crippen LogP contribution in [0.4, 0.5) is 10.2 Å². The number of halogens is 1. The van der Waals surface area contributed by atoms with Gasteiger partial charge in [0.25, 0.3) is 0 Å². The largest absolute Gasteiger partial charge is 0.356 e. The third-order valence-corrected chi connectivity index (χ3v) is 4.11. The molecule has 2 aromatic rings. The lowest BCUT2D eigenvalue weighted by Crippen LogP contribution is -2.27. The quantitative estimate of drug-likeness (QED) is 0.460. The monoisotopic (exact) mass is 289 g/mol. The summed E-state index contributed by atoms with van der Waals surface area (Å²) in [6.45, 7) is 1.83. The topological polar surface area (TPSA) is 79.7 Å². The van der Waals surface area contributed by atoms with Crippen LogP contribution in [-0.4, -0.2) is 21.9 Å². The summed E-state index contributed by atoms with van der Waals surface area (Å²) in [6.07, 6.45) is 6.75. The van der Waals surface area contributed by atoms with E-state index in [0.717, 1.165) is 31.5 Å². The highest BCUT2D eigenvalue weighted by molar-refractivity contribution is 6.04. The summed E-state index contributed by atoms with van der Waals surface area (Å²) < 4.78 is 16.3. The molecule has 5 nitrogen and oxygen atoms in total. The SMILES string of the molecule is CC(N)Nc1c(C=N)c2ccnc(F)c2n1C1CCCC1. The van der Waals surface area contributed by atoms with Crippen LogP contribution in [0.3, 0.4) is 0 Å². The normalized spacial score (nSPS) is 17.3. The van der Waals surface area contributed by atoms with Crippen LogP contribution >= 0.6 is 0 Å². The van der Waals surface area contributed by atoms with Crippen LogP contribution < -0.4 is 11.1 Å². The van der Waals surface area contributed by atoms with E-state index in [0.29, 0.717) is 16.5 Å². The average molecular weight is 289 g/mol. The standard InChI is InChI=1S/C15H20FN5/c1-9(18)20-15-12(8-17)11-6-7-19-14(16)13(11)21(15)10-4-2-3-5-10/h6-10,17,20H,2-5,18H2,1H3. The van der Waals surface area contributed by atoms with Gasteiger partial charge in [-0.05, 0) is 25.8 Å². The second kappa shape index (κ2) is 5.44. The van der Waals surface area contributed by atoms with E-state index in [1.165, 1.54) is 12.4 Å². The van der Waals surface area contributed by atoms with Gasteiger partial charge in [-0.3, -0.25) is 0 Å². The predicted octanol–water partition coefficient (Wildman–Crippen LogP) is 3.00. The lowest BCUT2D eigenvalue weighted by atomic mass is 10.2. The molecule has 6 heteroatoms. The second-order valence-electron chi connectivity index (χ2n) is 5.65. The maximum atomic E-state index is 14.3. The lowest BCUT2D eigenvalue weighted by Gasteiger charge is -2.20. The van der Waals surface area contributed by atoms with E-state index in [9.17, 15) is 4.39 Å². The van der Waals surface area contributed by atoms with Crippen molar-refractivity contribution in [3.63, 3.8) is 0 Å². The molecule has 1 fully saturated rings. The number of anilines is 1. The molecule has 1 aliphatic carbocycles. The summed E-state index contributed by atoms with van der Waals surface area (Å²) in [6, 6.07) is 2.00. The Labute approximate surface area is 122 Å². The number of fused-ring (bicyclic) bond motifs is 1. The molecule has 21 heavy (non-hydrogen) atoms. The molecule has 0 amide bonds. The maximum Gasteiger partial charge on any atom is 0.237 e. The van der Waals surface area contributed by atoms with E-state index in [1.807, 2.05) is 11.5 Å². The molecule has 0 aliphatic heterocycles. The van der Waals surface area contributed by atoms with Crippen molar-refractivity contribution in [2.45, 2.75) is 44.8 Å². The van der Waals surface area contributed by atoms with Crippen molar-refractivity contribution in [2.75, 3.05) is 5.32 Å². The van der Waals surface area contributed by atoms with Gasteiger partial charge in [0.1, 0.15) is 11.3 Å². The van der Waals surface area contributed by atoms with Gasteiger partial charge in [-0.1, -0.05) is 12.8 Å². The third-order valence-electron chi connectivity index (χ3n) is 4.11. The van der Waals surface area contributed by atoms with Crippen molar-refractivity contribution in [1.82, 2.24) is 9.55 Å². The first-order valence-corrected chi connectivity index (χ1v) is 7.34. The second-order valence-corrected chi connectivity index (χ2v) is 5.65. The minimum atomic E-state index is -0.486. The molecule has 0 saturated heterocycles. The zero-order valence-corrected chi connectivity index (χ0v) is 12.1. The van der Waals surface area contributed by atoms with Gasteiger partial charge < -0.3 is 21.0 Å². The van der Waals surface area contributed by atoms with Crippen LogP contribution in [0.25, 0.3) is 10.9 Å². The van der Waals surface area contributed by atoms with Gasteiger partial charge in [0.2, 0.25) is 5.95 Å². The van der Waals surface area contributed by atoms with E-state index >= 15 is 0 Å². The molecule has 1 aliphatic rings. The number of nitrogens with one attached hydrogen (secondary N) is 2. The Bertz CT molecular complexity index is 670. The van der Waals surface area contributed by atoms with Gasteiger partial charge in [-0.25, -0.2) is 4.98 Å². The Hall–Kier alpha value is -1.95. The molecule has 1 saturated carbocycles. The first kappa shape index (κ1) is 14.0. The van der Waals surface area contributed by atoms with Crippen molar-refractivity contribution in [3.05, 3.63) is 23.8 Å². The fourth-order valence-corrected chi connectivity index (χ4v) is 3.28. The van der Waals surface area contributed by atoms with Crippen LogP contribution in [0.2, 0.25) is 0 Å². The van der Waals surface area contributed by atoms with Crippen LogP contribution in [-0.2, 0) is 0 Å². The zero-order chi connectivity index (χ0) is 15.0. The van der Waals surface area contributed by atoms with Crippen molar-refractivity contribution >= 4 is 22.9 Å². The van der Waals surface area contributed by atoms with E-state index in [-0.39, 0.29) is 12.2 Å². The highest BCUT2D eigenvalue weighted by Crippen LogP contribution is 2.39. The number of aromatic nitrogens is 2. The average Bonchev–Trinajstić information content (AvgIpc) is 3.04. The van der Waals surface area contributed by atoms with Crippen molar-refractivity contribution in [1.29, 1.82) is 5.41 Å².